The van der Waals surface area contributed by atoms with Crippen molar-refractivity contribution < 1.29 is 4.74 Å². The van der Waals surface area contributed by atoms with Crippen LogP contribution in [0.4, 0.5) is 0 Å². The number of methoxy groups -OCH3 is 1. The van der Waals surface area contributed by atoms with E-state index in [9.17, 15) is 0 Å². The van der Waals surface area contributed by atoms with Crippen LogP contribution in [0.1, 0.15) is 26.5 Å². The highest BCUT2D eigenvalue weighted by Gasteiger charge is 2.17. The zero-order chi connectivity index (χ0) is 13.6. The minimum absolute atomic E-state index is 0.129. The van der Waals surface area contributed by atoms with Gasteiger partial charge in [-0.2, -0.15) is 0 Å². The van der Waals surface area contributed by atoms with Gasteiger partial charge in [-0.3, -0.25) is 0 Å². The quantitative estimate of drug-likeness (QED) is 0.672. The molecular weight excluding hydrogens is 234 g/mol. The van der Waals surface area contributed by atoms with Crippen LogP contribution in [0.2, 0.25) is 0 Å². The molecule has 0 unspecified atom stereocenters. The largest absolute Gasteiger partial charge is 0.497 e. The lowest BCUT2D eigenvalue weighted by Gasteiger charge is -2.15. The average molecular weight is 253 g/mol. The van der Waals surface area contributed by atoms with Crippen molar-refractivity contribution >= 4 is 21.7 Å². The van der Waals surface area contributed by atoms with Gasteiger partial charge in [0.15, 0.2) is 0 Å². The first-order valence-electron chi connectivity index (χ1n) is 6.59. The second-order valence-corrected chi connectivity index (χ2v) is 6.05. The zero-order valence-electron chi connectivity index (χ0n) is 11.9. The first-order chi connectivity index (χ1) is 8.99. The van der Waals surface area contributed by atoms with E-state index in [4.69, 9.17) is 4.74 Å². The molecule has 0 aliphatic carbocycles. The second kappa shape index (κ2) is 4.02. The molecule has 98 valence electrons. The number of hydrogen-bond donors (Lipinski definition) is 1. The topological polar surface area (TPSA) is 25.0 Å². The summed E-state index contributed by atoms with van der Waals surface area (Å²) in [6, 6.07) is 12.8. The van der Waals surface area contributed by atoms with Crippen LogP contribution in [0.25, 0.3) is 21.7 Å². The molecule has 0 saturated heterocycles. The van der Waals surface area contributed by atoms with Crippen LogP contribution < -0.4 is 4.74 Å². The van der Waals surface area contributed by atoms with E-state index in [1.807, 2.05) is 6.07 Å². The van der Waals surface area contributed by atoms with E-state index < -0.39 is 0 Å². The minimum atomic E-state index is 0.129. The lowest BCUT2D eigenvalue weighted by atomic mass is 9.92. The van der Waals surface area contributed by atoms with Crippen molar-refractivity contribution in [3.8, 4) is 5.75 Å². The van der Waals surface area contributed by atoms with Crippen LogP contribution >= 0.6 is 0 Å². The van der Waals surface area contributed by atoms with Gasteiger partial charge in [-0.25, -0.2) is 0 Å². The molecule has 2 nitrogen and oxygen atoms in total. The molecule has 0 aliphatic heterocycles. The monoisotopic (exact) mass is 253 g/mol. The van der Waals surface area contributed by atoms with Gasteiger partial charge in [0.05, 0.1) is 7.11 Å². The molecule has 0 radical (unpaired) electrons. The van der Waals surface area contributed by atoms with Crippen molar-refractivity contribution in [1.82, 2.24) is 4.98 Å². The van der Waals surface area contributed by atoms with Gasteiger partial charge >= 0.3 is 0 Å². The Hall–Kier alpha value is -1.96. The van der Waals surface area contributed by atoms with Crippen LogP contribution in [-0.4, -0.2) is 12.1 Å². The first kappa shape index (κ1) is 12.1. The Bertz CT molecular complexity index is 747. The summed E-state index contributed by atoms with van der Waals surface area (Å²) in [6.45, 7) is 6.67. The van der Waals surface area contributed by atoms with E-state index in [1.165, 1.54) is 27.4 Å². The zero-order valence-corrected chi connectivity index (χ0v) is 11.9. The normalized spacial score (nSPS) is 12.2. The molecule has 2 aromatic carbocycles. The molecule has 0 spiro atoms. The van der Waals surface area contributed by atoms with Crippen molar-refractivity contribution in [3.05, 3.63) is 42.1 Å². The number of H-pyrrole nitrogens is 1. The number of ether oxygens (including phenoxy) is 1. The van der Waals surface area contributed by atoms with Gasteiger partial charge in [-0.1, -0.05) is 32.9 Å². The Kier molecular flexibility index (Phi) is 2.56. The molecule has 0 bridgehead atoms. The Morgan fingerprint density at radius 2 is 1.68 bits per heavy atom. The molecule has 3 rings (SSSR count). The van der Waals surface area contributed by atoms with Gasteiger partial charge in [0.1, 0.15) is 5.75 Å². The summed E-state index contributed by atoms with van der Waals surface area (Å²) in [6.07, 6.45) is 0. The fourth-order valence-electron chi connectivity index (χ4n) is 2.44. The molecule has 0 atom stereocenters. The number of rotatable bonds is 1. The molecule has 1 N–H and O–H groups in total. The summed E-state index contributed by atoms with van der Waals surface area (Å²) >= 11 is 0. The van der Waals surface area contributed by atoms with E-state index in [1.54, 1.807) is 7.11 Å². The summed E-state index contributed by atoms with van der Waals surface area (Å²) in [5.41, 5.74) is 2.58. The Labute approximate surface area is 113 Å². The molecule has 0 amide bonds. The Balaban J connectivity index is 2.35. The maximum absolute atomic E-state index is 5.34. The summed E-state index contributed by atoms with van der Waals surface area (Å²) in [5.74, 6) is 0.901. The fraction of sp³-hybridized carbons (Fsp3) is 0.294. The van der Waals surface area contributed by atoms with E-state index in [0.717, 1.165) is 5.75 Å². The number of hydrogen-bond acceptors (Lipinski definition) is 1. The number of aromatic amines is 1. The second-order valence-electron chi connectivity index (χ2n) is 6.05. The maximum atomic E-state index is 5.34. The highest BCUT2D eigenvalue weighted by molar-refractivity contribution is 6.07. The van der Waals surface area contributed by atoms with E-state index >= 15 is 0 Å². The molecular formula is C17H19NO. The van der Waals surface area contributed by atoms with Crippen LogP contribution in [0.3, 0.4) is 0 Å². The highest BCUT2D eigenvalue weighted by Crippen LogP contribution is 2.32. The number of benzene rings is 2. The van der Waals surface area contributed by atoms with Gasteiger partial charge in [0.2, 0.25) is 0 Å². The summed E-state index contributed by atoms with van der Waals surface area (Å²) < 4.78 is 5.34. The molecule has 0 fully saturated rings. The summed E-state index contributed by atoms with van der Waals surface area (Å²) in [5, 5.41) is 3.75. The van der Waals surface area contributed by atoms with Gasteiger partial charge in [0.25, 0.3) is 0 Å². The standard InChI is InChI=1S/C17H19NO/c1-17(2,3)16-10-14-13-9-12(19-4)7-5-11(13)6-8-15(14)18-16/h5-10,18H,1-4H3. The minimum Gasteiger partial charge on any atom is -0.497 e. The SMILES string of the molecule is COc1ccc2ccc3[nH]c(C(C)(C)C)cc3c2c1. The van der Waals surface area contributed by atoms with Crippen molar-refractivity contribution in [2.75, 3.05) is 7.11 Å². The van der Waals surface area contributed by atoms with Crippen molar-refractivity contribution in [2.45, 2.75) is 26.2 Å². The van der Waals surface area contributed by atoms with Gasteiger partial charge in [0, 0.05) is 22.0 Å². The van der Waals surface area contributed by atoms with E-state index in [2.05, 4.69) is 56.1 Å². The molecule has 0 aliphatic rings. The molecule has 1 heterocycles. The first-order valence-corrected chi connectivity index (χ1v) is 6.59. The van der Waals surface area contributed by atoms with Crippen LogP contribution in [0.15, 0.2) is 36.4 Å². The third-order valence-corrected chi connectivity index (χ3v) is 3.64. The smallest absolute Gasteiger partial charge is 0.119 e. The number of nitrogens with one attached hydrogen (secondary N) is 1. The molecule has 0 saturated carbocycles. The highest BCUT2D eigenvalue weighted by atomic mass is 16.5. The van der Waals surface area contributed by atoms with Crippen molar-refractivity contribution in [2.24, 2.45) is 0 Å². The van der Waals surface area contributed by atoms with Crippen molar-refractivity contribution in [3.63, 3.8) is 0 Å². The molecule has 2 heteroatoms. The predicted octanol–water partition coefficient (Wildman–Crippen LogP) is 4.63. The van der Waals surface area contributed by atoms with Gasteiger partial charge < -0.3 is 9.72 Å². The number of fused-ring (bicyclic) bond motifs is 3. The van der Waals surface area contributed by atoms with Crippen LogP contribution in [0.5, 0.6) is 5.75 Å². The fourth-order valence-corrected chi connectivity index (χ4v) is 2.44. The molecule has 3 aromatic rings. The molecule has 19 heavy (non-hydrogen) atoms. The average Bonchev–Trinajstić information content (AvgIpc) is 2.82. The van der Waals surface area contributed by atoms with E-state index in [-0.39, 0.29) is 5.41 Å². The van der Waals surface area contributed by atoms with E-state index in [0.29, 0.717) is 0 Å². The predicted molar refractivity (Wildman–Crippen MR) is 81.1 cm³/mol. The van der Waals surface area contributed by atoms with Gasteiger partial charge in [-0.05, 0) is 35.0 Å². The molecule has 1 aromatic heterocycles. The van der Waals surface area contributed by atoms with Crippen LogP contribution in [0, 0.1) is 0 Å². The Morgan fingerprint density at radius 1 is 0.947 bits per heavy atom. The summed E-state index contributed by atoms with van der Waals surface area (Å²) in [4.78, 5) is 3.52. The lowest BCUT2D eigenvalue weighted by Crippen LogP contribution is -2.10. The van der Waals surface area contributed by atoms with Crippen molar-refractivity contribution in [1.29, 1.82) is 0 Å². The van der Waals surface area contributed by atoms with Gasteiger partial charge in [-0.15, -0.1) is 0 Å². The third-order valence-electron chi connectivity index (χ3n) is 3.64. The lowest BCUT2D eigenvalue weighted by molar-refractivity contribution is 0.415. The maximum Gasteiger partial charge on any atom is 0.119 e. The van der Waals surface area contributed by atoms with Crippen LogP contribution in [-0.2, 0) is 5.41 Å². The number of aromatic nitrogens is 1. The Morgan fingerprint density at radius 3 is 2.37 bits per heavy atom. The third kappa shape index (κ3) is 1.97. The summed E-state index contributed by atoms with van der Waals surface area (Å²) in [7, 11) is 1.71.